The molecule has 0 aromatic heterocycles. The van der Waals surface area contributed by atoms with Crippen molar-refractivity contribution in [2.75, 3.05) is 6.61 Å². The molecule has 13 heteroatoms. The number of ketones is 1. The van der Waals surface area contributed by atoms with Gasteiger partial charge >= 0.3 is 17.9 Å². The average molecular weight is 613 g/mol. The number of para-hydroxylation sites is 1. The first kappa shape index (κ1) is 32.4. The predicted molar refractivity (Wildman–Crippen MR) is 150 cm³/mol. The summed E-state index contributed by atoms with van der Waals surface area (Å²) in [5.74, 6) is -3.37. The molecule has 2 aromatic carbocycles. The molecular formula is C31H32O13. The molecule has 6 atom stereocenters. The minimum atomic E-state index is -2.41. The average Bonchev–Trinajstić information content (AvgIpc) is 3.00. The second-order valence-electron chi connectivity index (χ2n) is 10.1. The highest BCUT2D eigenvalue weighted by Crippen LogP contribution is 2.30. The number of aliphatic hydroxyl groups excluding tert-OH is 2. The van der Waals surface area contributed by atoms with Gasteiger partial charge in [0.1, 0.15) is 43.0 Å². The zero-order valence-electron chi connectivity index (χ0n) is 23.6. The quantitative estimate of drug-likeness (QED) is 0.0980. The molecule has 0 saturated carbocycles. The summed E-state index contributed by atoms with van der Waals surface area (Å²) in [6.07, 6.45) is -2.38. The van der Waals surface area contributed by atoms with E-state index < -0.39 is 73.2 Å². The van der Waals surface area contributed by atoms with Crippen LogP contribution < -0.4 is 4.74 Å². The first-order valence-corrected chi connectivity index (χ1v) is 13.7. The molecule has 4 N–H and O–H groups in total. The molecule has 234 valence electrons. The van der Waals surface area contributed by atoms with Crippen molar-refractivity contribution < 1.29 is 63.3 Å². The van der Waals surface area contributed by atoms with Crippen molar-refractivity contribution in [3.8, 4) is 11.5 Å². The lowest BCUT2D eigenvalue weighted by Crippen LogP contribution is -2.61. The third kappa shape index (κ3) is 7.88. The van der Waals surface area contributed by atoms with Gasteiger partial charge in [-0.05, 0) is 42.3 Å². The van der Waals surface area contributed by atoms with Gasteiger partial charge in [-0.15, -0.1) is 0 Å². The number of carbonyl (C=O) groups is 4. The number of ether oxygens (including phenoxy) is 5. The van der Waals surface area contributed by atoms with Crippen molar-refractivity contribution in [3.05, 3.63) is 77.9 Å². The van der Waals surface area contributed by atoms with Gasteiger partial charge in [0.25, 0.3) is 0 Å². The lowest BCUT2D eigenvalue weighted by Gasteiger charge is -2.41. The molecule has 1 aliphatic carbocycles. The molecule has 1 saturated heterocycles. The number of phenolic OH excluding ortho intramolecular Hbond substituents is 1. The molecule has 2 aromatic rings. The van der Waals surface area contributed by atoms with Gasteiger partial charge < -0.3 is 44.1 Å². The van der Waals surface area contributed by atoms with E-state index in [9.17, 15) is 39.6 Å². The Hall–Kier alpha value is -4.56. The summed E-state index contributed by atoms with van der Waals surface area (Å²) in [6.45, 7) is 0.261. The Kier molecular flexibility index (Phi) is 10.5. The Morgan fingerprint density at radius 1 is 1.05 bits per heavy atom. The fourth-order valence-corrected chi connectivity index (χ4v) is 4.44. The first-order chi connectivity index (χ1) is 21.0. The maximum absolute atomic E-state index is 12.7. The summed E-state index contributed by atoms with van der Waals surface area (Å²) in [4.78, 5) is 48.9. The molecule has 44 heavy (non-hydrogen) atoms. The van der Waals surface area contributed by atoms with E-state index in [0.717, 1.165) is 19.1 Å². The largest absolute Gasteiger partial charge is 0.508 e. The summed E-state index contributed by atoms with van der Waals surface area (Å²) < 4.78 is 27.3. The van der Waals surface area contributed by atoms with E-state index >= 15 is 0 Å². The number of aliphatic hydroxyl groups is 3. The Morgan fingerprint density at radius 2 is 1.77 bits per heavy atom. The van der Waals surface area contributed by atoms with Crippen LogP contribution in [0.25, 0.3) is 6.08 Å². The van der Waals surface area contributed by atoms with Crippen LogP contribution in [0.2, 0.25) is 0 Å². The molecule has 1 aliphatic heterocycles. The van der Waals surface area contributed by atoms with Crippen LogP contribution in [0, 0.1) is 0 Å². The number of allylic oxidation sites excluding steroid dienone is 1. The predicted octanol–water partition coefficient (Wildman–Crippen LogP) is 1.10. The summed E-state index contributed by atoms with van der Waals surface area (Å²) in [5, 5.41) is 41.5. The lowest BCUT2D eigenvalue weighted by molar-refractivity contribution is -0.282. The minimum absolute atomic E-state index is 0.0201. The van der Waals surface area contributed by atoms with Crippen molar-refractivity contribution >= 4 is 29.8 Å². The number of hydrogen-bond acceptors (Lipinski definition) is 13. The summed E-state index contributed by atoms with van der Waals surface area (Å²) in [5.41, 5.74) is -1.58. The molecule has 0 bridgehead atoms. The summed E-state index contributed by atoms with van der Waals surface area (Å²) >= 11 is 0. The van der Waals surface area contributed by atoms with Gasteiger partial charge in [0.05, 0.1) is 0 Å². The number of benzene rings is 2. The van der Waals surface area contributed by atoms with Gasteiger partial charge in [0.2, 0.25) is 11.9 Å². The second-order valence-corrected chi connectivity index (χ2v) is 10.1. The number of aromatic hydroxyl groups is 1. The first-order valence-electron chi connectivity index (χ1n) is 13.7. The second kappa shape index (κ2) is 14.3. The monoisotopic (exact) mass is 612 g/mol. The van der Waals surface area contributed by atoms with E-state index in [0.29, 0.717) is 12.0 Å². The number of phenols is 1. The molecule has 2 aliphatic rings. The highest BCUT2D eigenvalue weighted by Gasteiger charge is 2.49. The summed E-state index contributed by atoms with van der Waals surface area (Å²) in [6, 6.07) is 12.1. The van der Waals surface area contributed by atoms with Gasteiger partial charge in [0, 0.05) is 25.0 Å². The summed E-state index contributed by atoms with van der Waals surface area (Å²) in [7, 11) is 0. The Bertz CT molecular complexity index is 1420. The molecular weight excluding hydrogens is 580 g/mol. The van der Waals surface area contributed by atoms with E-state index in [1.165, 1.54) is 36.4 Å². The van der Waals surface area contributed by atoms with Crippen LogP contribution in [-0.4, -0.2) is 87.0 Å². The Labute approximate surface area is 251 Å². The molecule has 13 nitrogen and oxygen atoms in total. The molecule has 1 heterocycles. The van der Waals surface area contributed by atoms with Crippen molar-refractivity contribution in [2.45, 2.75) is 62.7 Å². The van der Waals surface area contributed by atoms with Crippen LogP contribution in [0.4, 0.5) is 0 Å². The van der Waals surface area contributed by atoms with Crippen LogP contribution in [-0.2, 0) is 44.7 Å². The Balaban J connectivity index is 1.53. The van der Waals surface area contributed by atoms with Crippen LogP contribution in [0.15, 0.2) is 66.8 Å². The van der Waals surface area contributed by atoms with Crippen molar-refractivity contribution in [1.29, 1.82) is 0 Å². The highest BCUT2D eigenvalue weighted by atomic mass is 16.7. The maximum Gasteiger partial charge on any atom is 0.350 e. The van der Waals surface area contributed by atoms with Crippen LogP contribution in [0.1, 0.15) is 30.9 Å². The van der Waals surface area contributed by atoms with E-state index in [4.69, 9.17) is 23.7 Å². The fourth-order valence-electron chi connectivity index (χ4n) is 4.44. The van der Waals surface area contributed by atoms with Crippen LogP contribution >= 0.6 is 0 Å². The Morgan fingerprint density at radius 3 is 2.48 bits per heavy atom. The number of rotatable bonds is 10. The number of esters is 3. The van der Waals surface area contributed by atoms with Crippen molar-refractivity contribution in [3.63, 3.8) is 0 Å². The zero-order valence-corrected chi connectivity index (χ0v) is 23.6. The van der Waals surface area contributed by atoms with E-state index in [2.05, 4.69) is 0 Å². The smallest absolute Gasteiger partial charge is 0.350 e. The topological polar surface area (TPSA) is 195 Å². The van der Waals surface area contributed by atoms with Crippen molar-refractivity contribution in [2.24, 2.45) is 0 Å². The lowest BCUT2D eigenvalue weighted by atomic mass is 9.90. The van der Waals surface area contributed by atoms with Gasteiger partial charge in [-0.3, -0.25) is 9.59 Å². The van der Waals surface area contributed by atoms with Gasteiger partial charge in [0.15, 0.2) is 11.9 Å². The van der Waals surface area contributed by atoms with Crippen molar-refractivity contribution in [1.82, 2.24) is 0 Å². The molecule has 0 spiro atoms. The van der Waals surface area contributed by atoms with E-state index in [-0.39, 0.29) is 23.5 Å². The molecule has 0 amide bonds. The molecule has 1 fully saturated rings. The number of hydrogen-bond donors (Lipinski definition) is 4. The van der Waals surface area contributed by atoms with Gasteiger partial charge in [-0.2, -0.15) is 0 Å². The molecule has 0 unspecified atom stereocenters. The standard InChI is InChI=1S/C31H32O13/c1-18(32)40-17-23-26(36)27(37)28(44-25(35)14-11-19-9-12-21(33)13-10-19)29(43-23)42-22-7-3-2-6-20(22)16-41-30(38)31(39)15-5-4-8-24(31)34/h2-3,5-7,9-15,23,26-29,33,36-37,39H,4,8,16-17H2,1H3/t23-,26-,27+,28-,29-,31+/m1/s1. The molecule has 4 rings (SSSR count). The third-order valence-electron chi connectivity index (χ3n) is 6.86. The highest BCUT2D eigenvalue weighted by molar-refractivity contribution is 6.09. The van der Waals surface area contributed by atoms with E-state index in [1.54, 1.807) is 24.3 Å². The maximum atomic E-state index is 12.7. The van der Waals surface area contributed by atoms with Gasteiger partial charge in [-0.25, -0.2) is 9.59 Å². The van der Waals surface area contributed by atoms with Crippen LogP contribution in [0.3, 0.4) is 0 Å². The third-order valence-corrected chi connectivity index (χ3v) is 6.86. The van der Waals surface area contributed by atoms with Crippen LogP contribution in [0.5, 0.6) is 11.5 Å². The number of Topliss-reactive ketones (excluding diaryl/α,β-unsaturated/α-hetero) is 1. The molecule has 0 radical (unpaired) electrons. The fraction of sp³-hybridized carbons (Fsp3) is 0.355. The zero-order chi connectivity index (χ0) is 31.9. The SMILES string of the molecule is CC(=O)OC[C@H]1O[C@@H](Oc2ccccc2COC(=O)[C@]2(O)C=CCCC2=O)[C@H](OC(=O)C=Cc2ccc(O)cc2)[C@@H](O)[C@@H]1O. The minimum Gasteiger partial charge on any atom is -0.508 e. The number of carbonyl (C=O) groups excluding carboxylic acids is 4. The van der Waals surface area contributed by atoms with E-state index in [1.807, 2.05) is 0 Å². The van der Waals surface area contributed by atoms with Gasteiger partial charge in [-0.1, -0.05) is 36.4 Å². The normalized spacial score (nSPS) is 26.6.